The molecule has 1 N–H and O–H groups in total. The maximum Gasteiger partial charge on any atom is 0.308 e. The maximum absolute atomic E-state index is 12.9. The highest BCUT2D eigenvalue weighted by Gasteiger charge is 2.21. The van der Waals surface area contributed by atoms with Crippen LogP contribution in [0.3, 0.4) is 0 Å². The average Bonchev–Trinajstić information content (AvgIpc) is 2.91. The van der Waals surface area contributed by atoms with Gasteiger partial charge in [0.15, 0.2) is 0 Å². The molecule has 0 bridgehead atoms. The van der Waals surface area contributed by atoms with Crippen LogP contribution in [0.2, 0.25) is 0 Å². The number of hydrogen-bond donors (Lipinski definition) is 1. The first-order valence-electron chi connectivity index (χ1n) is 8.87. The van der Waals surface area contributed by atoms with E-state index in [0.29, 0.717) is 11.2 Å². The molecule has 3 rings (SSSR count). The van der Waals surface area contributed by atoms with Crippen molar-refractivity contribution in [1.82, 2.24) is 9.29 Å². The van der Waals surface area contributed by atoms with Gasteiger partial charge in [0.25, 0.3) is 0 Å². The Morgan fingerprint density at radius 3 is 2.41 bits per heavy atom. The lowest BCUT2D eigenvalue weighted by Crippen LogP contribution is -2.27. The summed E-state index contributed by atoms with van der Waals surface area (Å²) in [6.07, 6.45) is 0. The van der Waals surface area contributed by atoms with Crippen LogP contribution in [0, 0.1) is 20.8 Å². The van der Waals surface area contributed by atoms with Crippen molar-refractivity contribution in [1.29, 1.82) is 0 Å². The van der Waals surface area contributed by atoms with E-state index in [1.54, 1.807) is 22.8 Å². The van der Waals surface area contributed by atoms with Gasteiger partial charge in [-0.2, -0.15) is 0 Å². The Kier molecular flexibility index (Phi) is 5.29. The van der Waals surface area contributed by atoms with Gasteiger partial charge < -0.3 is 0 Å². The third kappa shape index (κ3) is 3.72. The lowest BCUT2D eigenvalue weighted by Gasteiger charge is -2.18. The number of rotatable bonds is 5. The molecule has 0 aliphatic heterocycles. The van der Waals surface area contributed by atoms with Gasteiger partial charge in [-0.15, -0.1) is 0 Å². The van der Waals surface area contributed by atoms with E-state index in [-0.39, 0.29) is 15.8 Å². The fraction of sp³-hybridized carbons (Fsp3) is 0.350. The minimum Gasteiger partial charge on any atom is -0.299 e. The molecule has 3 aromatic rings. The van der Waals surface area contributed by atoms with Crippen LogP contribution in [0.25, 0.3) is 10.2 Å². The van der Waals surface area contributed by atoms with Crippen molar-refractivity contribution in [2.45, 2.75) is 52.1 Å². The molecule has 0 radical (unpaired) electrons. The molecule has 0 spiro atoms. The van der Waals surface area contributed by atoms with Gasteiger partial charge in [0.2, 0.25) is 10.0 Å². The molecule has 1 aromatic heterocycles. The number of nitrogens with zero attached hydrogens (tertiary/aromatic N) is 1. The monoisotopic (exact) mass is 404 g/mol. The number of thiazole rings is 1. The number of aromatic nitrogens is 1. The lowest BCUT2D eigenvalue weighted by atomic mass is 9.97. The summed E-state index contributed by atoms with van der Waals surface area (Å²) in [6, 6.07) is 8.60. The van der Waals surface area contributed by atoms with Crippen molar-refractivity contribution in [2.75, 3.05) is 0 Å². The van der Waals surface area contributed by atoms with Crippen LogP contribution in [0.5, 0.6) is 0 Å². The summed E-state index contributed by atoms with van der Waals surface area (Å²) in [4.78, 5) is 12.1. The van der Waals surface area contributed by atoms with Crippen molar-refractivity contribution in [2.24, 2.45) is 0 Å². The van der Waals surface area contributed by atoms with Crippen LogP contribution >= 0.6 is 11.3 Å². The van der Waals surface area contributed by atoms with E-state index < -0.39 is 10.0 Å². The van der Waals surface area contributed by atoms with Gasteiger partial charge in [0.05, 0.1) is 15.1 Å². The molecular weight excluding hydrogens is 380 g/mol. The molecule has 144 valence electrons. The highest BCUT2D eigenvalue weighted by molar-refractivity contribution is 7.89. The Hall–Kier alpha value is -1.96. The average molecular weight is 405 g/mol. The van der Waals surface area contributed by atoms with E-state index in [4.69, 9.17) is 0 Å². The second-order valence-electron chi connectivity index (χ2n) is 6.88. The standard InChI is InChI=1S/C20H24N2O3S2/c1-6-22-18-8-7-16(11-19(18)26-20(22)23)27(24,25)21-15(5)17-10-13(3)12(2)9-14(17)4/h7-11,15,21H,6H2,1-5H3/t15-/m1/s1. The minimum absolute atomic E-state index is 0.0749. The molecule has 0 unspecified atom stereocenters. The van der Waals surface area contributed by atoms with E-state index in [0.717, 1.165) is 33.5 Å². The Balaban J connectivity index is 1.96. The zero-order chi connectivity index (χ0) is 19.9. The first-order chi connectivity index (χ1) is 12.6. The molecule has 2 aromatic carbocycles. The number of sulfonamides is 1. The van der Waals surface area contributed by atoms with Gasteiger partial charge in [-0.05, 0) is 75.1 Å². The fourth-order valence-corrected chi connectivity index (χ4v) is 5.64. The van der Waals surface area contributed by atoms with Gasteiger partial charge in [0.1, 0.15) is 0 Å². The topological polar surface area (TPSA) is 68.2 Å². The van der Waals surface area contributed by atoms with E-state index >= 15 is 0 Å². The van der Waals surface area contributed by atoms with Crippen LogP contribution < -0.4 is 9.60 Å². The van der Waals surface area contributed by atoms with E-state index in [1.165, 1.54) is 5.56 Å². The lowest BCUT2D eigenvalue weighted by molar-refractivity contribution is 0.566. The van der Waals surface area contributed by atoms with Gasteiger partial charge >= 0.3 is 4.87 Å². The molecule has 1 atom stereocenters. The predicted molar refractivity (Wildman–Crippen MR) is 111 cm³/mol. The number of nitrogens with one attached hydrogen (secondary N) is 1. The molecule has 7 heteroatoms. The second-order valence-corrected chi connectivity index (χ2v) is 9.58. The molecule has 0 amide bonds. The molecule has 27 heavy (non-hydrogen) atoms. The number of benzene rings is 2. The summed E-state index contributed by atoms with van der Waals surface area (Å²) >= 11 is 1.07. The SMILES string of the molecule is CCn1c(=O)sc2cc(S(=O)(=O)N[C@H](C)c3cc(C)c(C)cc3C)ccc21. The predicted octanol–water partition coefficient (Wildman–Crippen LogP) is 4.05. The number of hydrogen-bond acceptors (Lipinski definition) is 4. The van der Waals surface area contributed by atoms with Crippen LogP contribution in [-0.4, -0.2) is 13.0 Å². The van der Waals surface area contributed by atoms with Crippen molar-refractivity contribution in [3.8, 4) is 0 Å². The molecule has 5 nitrogen and oxygen atoms in total. The molecule has 1 heterocycles. The van der Waals surface area contributed by atoms with Crippen LogP contribution in [-0.2, 0) is 16.6 Å². The number of aryl methyl sites for hydroxylation is 4. The van der Waals surface area contributed by atoms with Crippen molar-refractivity contribution < 1.29 is 8.42 Å². The summed E-state index contributed by atoms with van der Waals surface area (Å²) in [5, 5.41) is 0. The zero-order valence-electron chi connectivity index (χ0n) is 16.2. The quantitative estimate of drug-likeness (QED) is 0.698. The van der Waals surface area contributed by atoms with Crippen LogP contribution in [0.15, 0.2) is 40.0 Å². The van der Waals surface area contributed by atoms with Crippen molar-refractivity contribution in [3.63, 3.8) is 0 Å². The van der Waals surface area contributed by atoms with Gasteiger partial charge in [0, 0.05) is 12.6 Å². The summed E-state index contributed by atoms with van der Waals surface area (Å²) < 4.78 is 30.9. The van der Waals surface area contributed by atoms with Crippen molar-refractivity contribution >= 4 is 31.6 Å². The van der Waals surface area contributed by atoms with Gasteiger partial charge in [-0.25, -0.2) is 13.1 Å². The molecule has 0 saturated carbocycles. The van der Waals surface area contributed by atoms with Gasteiger partial charge in [-0.1, -0.05) is 23.5 Å². The Morgan fingerprint density at radius 2 is 1.74 bits per heavy atom. The minimum atomic E-state index is -3.70. The number of fused-ring (bicyclic) bond motifs is 1. The third-order valence-corrected chi connectivity index (χ3v) is 7.43. The molecule has 0 aliphatic carbocycles. The van der Waals surface area contributed by atoms with E-state index in [2.05, 4.69) is 10.8 Å². The van der Waals surface area contributed by atoms with E-state index in [9.17, 15) is 13.2 Å². The first-order valence-corrected chi connectivity index (χ1v) is 11.2. The summed E-state index contributed by atoms with van der Waals surface area (Å²) in [5.74, 6) is 0. The second kappa shape index (κ2) is 7.22. The molecule has 0 saturated heterocycles. The Bertz CT molecular complexity index is 1170. The third-order valence-electron chi connectivity index (χ3n) is 4.95. The zero-order valence-corrected chi connectivity index (χ0v) is 17.8. The maximum atomic E-state index is 12.9. The summed E-state index contributed by atoms with van der Waals surface area (Å²) in [5.41, 5.74) is 5.11. The molecule has 0 fully saturated rings. The summed E-state index contributed by atoms with van der Waals surface area (Å²) in [6.45, 7) is 10.4. The molecule has 0 aliphatic rings. The summed E-state index contributed by atoms with van der Waals surface area (Å²) in [7, 11) is -3.70. The first kappa shape index (κ1) is 19.8. The van der Waals surface area contributed by atoms with E-state index in [1.807, 2.05) is 40.7 Å². The fourth-order valence-electron chi connectivity index (χ4n) is 3.33. The van der Waals surface area contributed by atoms with Crippen LogP contribution in [0.4, 0.5) is 0 Å². The van der Waals surface area contributed by atoms with Crippen molar-refractivity contribution in [3.05, 3.63) is 62.3 Å². The van der Waals surface area contributed by atoms with Gasteiger partial charge in [-0.3, -0.25) is 9.36 Å². The smallest absolute Gasteiger partial charge is 0.299 e. The van der Waals surface area contributed by atoms with Crippen LogP contribution in [0.1, 0.15) is 42.1 Å². The normalized spacial score (nSPS) is 13.2. The molecular formula is C20H24N2O3S2. The highest BCUT2D eigenvalue weighted by atomic mass is 32.2. The highest BCUT2D eigenvalue weighted by Crippen LogP contribution is 2.25. The largest absolute Gasteiger partial charge is 0.308 e. The Labute approximate surface area is 163 Å². The Morgan fingerprint density at radius 1 is 1.07 bits per heavy atom.